The molecule has 136 valence electrons. The molecule has 0 spiro atoms. The molecule has 2 aromatic carbocycles. The lowest BCUT2D eigenvalue weighted by Crippen LogP contribution is -2.21. The van der Waals surface area contributed by atoms with Crippen LogP contribution in [0.2, 0.25) is 0 Å². The van der Waals surface area contributed by atoms with E-state index in [2.05, 4.69) is 21.0 Å². The van der Waals surface area contributed by atoms with Crippen molar-refractivity contribution < 1.29 is 14.3 Å². The Morgan fingerprint density at radius 3 is 2.85 bits per heavy atom. The van der Waals surface area contributed by atoms with Crippen molar-refractivity contribution in [1.82, 2.24) is 9.78 Å². The predicted molar refractivity (Wildman–Crippen MR) is 102 cm³/mol. The molecular formula is C19H14BrN3O4. The summed E-state index contributed by atoms with van der Waals surface area (Å²) in [5.41, 5.74) is 0.688. The maximum atomic E-state index is 12.5. The molecule has 0 aliphatic heterocycles. The number of nitrogens with zero attached hydrogens (tertiary/aromatic N) is 3. The lowest BCUT2D eigenvalue weighted by Gasteiger charge is -2.14. The number of hydrogen-bond donors (Lipinski definition) is 0. The number of nitriles is 1. The molecule has 27 heavy (non-hydrogen) atoms. The van der Waals surface area contributed by atoms with E-state index in [1.54, 1.807) is 31.2 Å². The van der Waals surface area contributed by atoms with Gasteiger partial charge in [-0.3, -0.25) is 9.48 Å². The number of benzene rings is 2. The molecule has 0 radical (unpaired) electrons. The number of halogens is 1. The van der Waals surface area contributed by atoms with Gasteiger partial charge in [-0.2, -0.15) is 10.4 Å². The summed E-state index contributed by atoms with van der Waals surface area (Å²) in [5, 5.41) is 13.6. The summed E-state index contributed by atoms with van der Waals surface area (Å²) in [6, 6.07) is 11.9. The van der Waals surface area contributed by atoms with E-state index in [0.29, 0.717) is 27.5 Å². The largest absolute Gasteiger partial charge is 0.490 e. The monoisotopic (exact) mass is 427 g/mol. The number of aromatic nitrogens is 2. The number of rotatable bonds is 5. The highest BCUT2D eigenvalue weighted by molar-refractivity contribution is 9.10. The van der Waals surface area contributed by atoms with Gasteiger partial charge in [0.05, 0.1) is 34.4 Å². The van der Waals surface area contributed by atoms with Crippen molar-refractivity contribution in [3.8, 4) is 17.6 Å². The van der Waals surface area contributed by atoms with Crippen molar-refractivity contribution in [3.05, 3.63) is 62.9 Å². The van der Waals surface area contributed by atoms with E-state index in [-0.39, 0.29) is 23.5 Å². The van der Waals surface area contributed by atoms with Crippen LogP contribution in [0.15, 0.2) is 51.9 Å². The summed E-state index contributed by atoms with van der Waals surface area (Å²) < 4.78 is 12.8. The fourth-order valence-corrected chi connectivity index (χ4v) is 3.07. The van der Waals surface area contributed by atoms with Gasteiger partial charge in [-0.05, 0) is 41.1 Å². The number of fused-ring (bicyclic) bond motifs is 1. The summed E-state index contributed by atoms with van der Waals surface area (Å²) in [7, 11) is 0. The minimum absolute atomic E-state index is 0.186. The Morgan fingerprint density at radius 2 is 2.11 bits per heavy atom. The predicted octanol–water partition coefficient (Wildman–Crippen LogP) is 3.03. The van der Waals surface area contributed by atoms with Gasteiger partial charge in [-0.15, -0.1) is 0 Å². The average molecular weight is 428 g/mol. The molecule has 0 amide bonds. The lowest BCUT2D eigenvalue weighted by atomic mass is 10.2. The molecule has 1 aromatic heterocycles. The third kappa shape index (κ3) is 3.99. The molecule has 0 saturated heterocycles. The Bertz CT molecular complexity index is 1120. The fraction of sp³-hybridized carbons (Fsp3) is 0.158. The van der Waals surface area contributed by atoms with Crippen molar-refractivity contribution in [1.29, 1.82) is 5.26 Å². The van der Waals surface area contributed by atoms with Crippen molar-refractivity contribution in [2.45, 2.75) is 13.5 Å². The summed E-state index contributed by atoms with van der Waals surface area (Å²) in [6.07, 6.45) is 1.17. The van der Waals surface area contributed by atoms with Crippen LogP contribution in [0, 0.1) is 11.3 Å². The second kappa shape index (κ2) is 8.01. The van der Waals surface area contributed by atoms with Crippen LogP contribution in [0.25, 0.3) is 10.9 Å². The van der Waals surface area contributed by atoms with Crippen LogP contribution < -0.4 is 14.9 Å². The summed E-state index contributed by atoms with van der Waals surface area (Å²) in [6.45, 7) is 1.94. The highest BCUT2D eigenvalue weighted by atomic mass is 79.9. The van der Waals surface area contributed by atoms with Gasteiger partial charge < -0.3 is 9.47 Å². The van der Waals surface area contributed by atoms with Gasteiger partial charge >= 0.3 is 5.97 Å². The number of carbonyl (C=O) groups excluding carboxylic acids is 1. The average Bonchev–Trinajstić information content (AvgIpc) is 2.67. The molecule has 0 saturated carbocycles. The summed E-state index contributed by atoms with van der Waals surface area (Å²) in [5.74, 6) is -0.122. The number of esters is 1. The molecule has 3 rings (SSSR count). The summed E-state index contributed by atoms with van der Waals surface area (Å²) >= 11 is 3.30. The van der Waals surface area contributed by atoms with Gasteiger partial charge in [0.1, 0.15) is 6.54 Å². The number of carbonyl (C=O) groups is 1. The fourth-order valence-electron chi connectivity index (χ4n) is 2.55. The molecule has 0 aliphatic carbocycles. The van der Waals surface area contributed by atoms with E-state index in [0.717, 1.165) is 0 Å². The first-order valence-electron chi connectivity index (χ1n) is 8.05. The second-order valence-corrected chi connectivity index (χ2v) is 6.34. The van der Waals surface area contributed by atoms with Crippen LogP contribution in [0.1, 0.15) is 12.5 Å². The van der Waals surface area contributed by atoms with Crippen LogP contribution in [0.4, 0.5) is 0 Å². The molecule has 0 N–H and O–H groups in total. The number of hydrogen-bond acceptors (Lipinski definition) is 6. The molecule has 7 nitrogen and oxygen atoms in total. The Morgan fingerprint density at radius 1 is 1.33 bits per heavy atom. The van der Waals surface area contributed by atoms with Gasteiger partial charge in [0.25, 0.3) is 0 Å². The Balaban J connectivity index is 1.90. The van der Waals surface area contributed by atoms with Gasteiger partial charge in [-0.25, -0.2) is 4.79 Å². The first kappa shape index (κ1) is 18.6. The normalized spacial score (nSPS) is 10.4. The van der Waals surface area contributed by atoms with Gasteiger partial charge in [-0.1, -0.05) is 12.1 Å². The number of para-hydroxylation sites is 1. The van der Waals surface area contributed by atoms with E-state index < -0.39 is 5.97 Å². The molecular weight excluding hydrogens is 414 g/mol. The maximum absolute atomic E-state index is 12.5. The third-order valence-corrected chi connectivity index (χ3v) is 4.28. The third-order valence-electron chi connectivity index (χ3n) is 3.70. The second-order valence-electron chi connectivity index (χ2n) is 5.49. The van der Waals surface area contributed by atoms with Crippen molar-refractivity contribution >= 4 is 32.8 Å². The smallest absolute Gasteiger partial charge is 0.333 e. The highest BCUT2D eigenvalue weighted by Gasteiger charge is 2.17. The summed E-state index contributed by atoms with van der Waals surface area (Å²) in [4.78, 5) is 24.4. The minimum Gasteiger partial charge on any atom is -0.490 e. The van der Waals surface area contributed by atoms with Crippen molar-refractivity contribution in [2.75, 3.05) is 6.61 Å². The van der Waals surface area contributed by atoms with Crippen LogP contribution >= 0.6 is 15.9 Å². The molecule has 0 fully saturated rings. The zero-order valence-corrected chi connectivity index (χ0v) is 15.9. The van der Waals surface area contributed by atoms with Gasteiger partial charge in [0.2, 0.25) is 5.43 Å². The van der Waals surface area contributed by atoms with Gasteiger partial charge in [0.15, 0.2) is 11.5 Å². The Hall–Kier alpha value is -3.18. The van der Waals surface area contributed by atoms with E-state index in [4.69, 9.17) is 14.7 Å². The topological polar surface area (TPSA) is 94.2 Å². The van der Waals surface area contributed by atoms with E-state index in [9.17, 15) is 9.59 Å². The van der Waals surface area contributed by atoms with E-state index in [1.807, 2.05) is 6.07 Å². The standard InChI is InChI=1S/C19H14BrN3O4/c1-2-26-17-8-12(9-21)7-14(20)19(17)27-18(25)11-23-15-6-4-3-5-13(15)16(24)10-22-23/h3-8,10H,2,11H2,1H3. The lowest BCUT2D eigenvalue weighted by molar-refractivity contribution is -0.135. The zero-order valence-electron chi connectivity index (χ0n) is 14.3. The molecule has 0 atom stereocenters. The molecule has 0 unspecified atom stereocenters. The SMILES string of the molecule is CCOc1cc(C#N)cc(Br)c1OC(=O)Cn1ncc(=O)c2ccccc21. The molecule has 0 bridgehead atoms. The van der Waals surface area contributed by atoms with Crippen LogP contribution in [0.3, 0.4) is 0 Å². The number of ether oxygens (including phenoxy) is 2. The Labute approximate surface area is 162 Å². The van der Waals surface area contributed by atoms with Crippen LogP contribution in [-0.4, -0.2) is 22.4 Å². The maximum Gasteiger partial charge on any atom is 0.333 e. The van der Waals surface area contributed by atoms with Crippen LogP contribution in [-0.2, 0) is 11.3 Å². The quantitative estimate of drug-likeness (QED) is 0.458. The first-order chi connectivity index (χ1) is 13.0. The molecule has 0 aliphatic rings. The molecule has 3 aromatic rings. The van der Waals surface area contributed by atoms with Crippen LogP contribution in [0.5, 0.6) is 11.5 Å². The van der Waals surface area contributed by atoms with Crippen molar-refractivity contribution in [2.24, 2.45) is 0 Å². The molecule has 8 heteroatoms. The van der Waals surface area contributed by atoms with E-state index >= 15 is 0 Å². The van der Waals surface area contributed by atoms with E-state index in [1.165, 1.54) is 23.0 Å². The minimum atomic E-state index is -0.595. The van der Waals surface area contributed by atoms with Crippen molar-refractivity contribution in [3.63, 3.8) is 0 Å². The first-order valence-corrected chi connectivity index (χ1v) is 8.84. The molecule has 1 heterocycles. The van der Waals surface area contributed by atoms with Gasteiger partial charge in [0, 0.05) is 11.5 Å². The Kier molecular flexibility index (Phi) is 5.52. The highest BCUT2D eigenvalue weighted by Crippen LogP contribution is 2.37. The zero-order chi connectivity index (χ0) is 19.4.